The van der Waals surface area contributed by atoms with Gasteiger partial charge in [-0.05, 0) is 6.42 Å². The number of aliphatic imine (C=N–C) groups is 1. The first-order chi connectivity index (χ1) is 7.31. The lowest BCUT2D eigenvalue weighted by Crippen LogP contribution is -2.23. The number of nitrogens with zero attached hydrogens (tertiary/aromatic N) is 1. The Morgan fingerprint density at radius 2 is 2.00 bits per heavy atom. The molecule has 0 heterocycles. The number of alkyl halides is 3. The van der Waals surface area contributed by atoms with Crippen molar-refractivity contribution >= 4 is 22.9 Å². The monoisotopic (exact) mass is 258 g/mol. The van der Waals surface area contributed by atoms with Crippen LogP contribution >= 0.6 is 11.8 Å². The zero-order valence-corrected chi connectivity index (χ0v) is 9.20. The van der Waals surface area contributed by atoms with Crippen molar-refractivity contribution < 1.29 is 17.9 Å². The van der Waals surface area contributed by atoms with Gasteiger partial charge in [0.25, 0.3) is 0 Å². The van der Waals surface area contributed by atoms with Gasteiger partial charge in [0.1, 0.15) is 6.61 Å². The second kappa shape index (κ2) is 7.34. The Hall–Kier alpha value is -0.960. The number of ether oxygens (including phenoxy) is 1. The number of nitrogens with two attached hydrogens (primary N) is 2. The summed E-state index contributed by atoms with van der Waals surface area (Å²) in [6.07, 6.45) is -3.90. The predicted octanol–water partition coefficient (Wildman–Crippen LogP) is 0.897. The van der Waals surface area contributed by atoms with Crippen molar-refractivity contribution in [1.29, 1.82) is 5.41 Å². The molecule has 0 aromatic heterocycles. The summed E-state index contributed by atoms with van der Waals surface area (Å²) in [7, 11) is 0. The number of amidine groups is 1. The van der Waals surface area contributed by atoms with Crippen molar-refractivity contribution in [1.82, 2.24) is 0 Å². The van der Waals surface area contributed by atoms with Crippen molar-refractivity contribution in [3.63, 3.8) is 0 Å². The lowest BCUT2D eigenvalue weighted by molar-refractivity contribution is -0.173. The molecule has 5 nitrogen and oxygen atoms in total. The quantitative estimate of drug-likeness (QED) is 0.387. The van der Waals surface area contributed by atoms with E-state index in [0.29, 0.717) is 12.2 Å². The Morgan fingerprint density at radius 3 is 2.50 bits per heavy atom. The van der Waals surface area contributed by atoms with Crippen LogP contribution in [-0.2, 0) is 4.74 Å². The number of guanidine groups is 1. The molecule has 0 spiro atoms. The van der Waals surface area contributed by atoms with Gasteiger partial charge in [-0.15, -0.1) is 0 Å². The van der Waals surface area contributed by atoms with Gasteiger partial charge in [-0.25, -0.2) is 0 Å². The summed E-state index contributed by atoms with van der Waals surface area (Å²) in [4.78, 5) is 3.43. The normalized spacial score (nSPS) is 11.2. The molecular formula is C7H13F3N4OS. The van der Waals surface area contributed by atoms with E-state index in [-0.39, 0.29) is 17.7 Å². The SMILES string of the molecule is N=C(N=C(N)N)SCCCOCC(F)(F)F. The number of thioether (sulfide) groups is 1. The number of nitrogens with one attached hydrogen (secondary N) is 1. The first-order valence-corrected chi connectivity index (χ1v) is 5.25. The summed E-state index contributed by atoms with van der Waals surface area (Å²) < 4.78 is 39.2. The largest absolute Gasteiger partial charge is 0.411 e. The van der Waals surface area contributed by atoms with E-state index in [9.17, 15) is 13.2 Å². The maximum Gasteiger partial charge on any atom is 0.411 e. The van der Waals surface area contributed by atoms with E-state index in [2.05, 4.69) is 9.73 Å². The predicted molar refractivity (Wildman–Crippen MR) is 57.5 cm³/mol. The van der Waals surface area contributed by atoms with E-state index < -0.39 is 12.8 Å². The second-order valence-corrected chi connectivity index (χ2v) is 3.80. The molecule has 16 heavy (non-hydrogen) atoms. The molecule has 0 fully saturated rings. The zero-order chi connectivity index (χ0) is 12.6. The fourth-order valence-electron chi connectivity index (χ4n) is 0.667. The number of hydrogen-bond donors (Lipinski definition) is 3. The highest BCUT2D eigenvalue weighted by atomic mass is 32.2. The van der Waals surface area contributed by atoms with Crippen LogP contribution in [0.4, 0.5) is 13.2 Å². The smallest absolute Gasteiger partial charge is 0.372 e. The van der Waals surface area contributed by atoms with Gasteiger partial charge in [-0.3, -0.25) is 5.41 Å². The van der Waals surface area contributed by atoms with Crippen LogP contribution in [-0.4, -0.2) is 36.3 Å². The summed E-state index contributed by atoms with van der Waals surface area (Å²) >= 11 is 1.04. The number of halogens is 3. The topological polar surface area (TPSA) is 97.5 Å². The minimum atomic E-state index is -4.29. The minimum absolute atomic E-state index is 0.0123. The molecule has 0 unspecified atom stereocenters. The van der Waals surface area contributed by atoms with Crippen molar-refractivity contribution in [3.05, 3.63) is 0 Å². The molecule has 0 aliphatic heterocycles. The van der Waals surface area contributed by atoms with Crippen molar-refractivity contribution in [2.75, 3.05) is 19.0 Å². The third kappa shape index (κ3) is 11.1. The van der Waals surface area contributed by atoms with E-state index in [1.807, 2.05) is 0 Å². The Bertz CT molecular complexity index is 253. The van der Waals surface area contributed by atoms with Gasteiger partial charge in [0.05, 0.1) is 0 Å². The van der Waals surface area contributed by atoms with Gasteiger partial charge in [0.15, 0.2) is 11.1 Å². The molecule has 94 valence electrons. The molecule has 0 saturated carbocycles. The third-order valence-electron chi connectivity index (χ3n) is 1.17. The van der Waals surface area contributed by atoms with E-state index >= 15 is 0 Å². The van der Waals surface area contributed by atoms with E-state index in [1.165, 1.54) is 0 Å². The molecule has 0 aromatic rings. The molecule has 0 amide bonds. The molecule has 0 aliphatic rings. The Balaban J connectivity index is 3.41. The summed E-state index contributed by atoms with van der Waals surface area (Å²) in [5.74, 6) is 0.207. The van der Waals surface area contributed by atoms with Crippen LogP contribution in [0.25, 0.3) is 0 Å². The minimum Gasteiger partial charge on any atom is -0.372 e. The molecular weight excluding hydrogens is 245 g/mol. The van der Waals surface area contributed by atoms with Crippen molar-refractivity contribution in [3.8, 4) is 0 Å². The van der Waals surface area contributed by atoms with E-state index in [1.54, 1.807) is 0 Å². The van der Waals surface area contributed by atoms with Crippen LogP contribution in [0.15, 0.2) is 4.99 Å². The molecule has 0 atom stereocenters. The molecule has 0 aliphatic carbocycles. The van der Waals surface area contributed by atoms with Crippen molar-refractivity contribution in [2.45, 2.75) is 12.6 Å². The fourth-order valence-corrected chi connectivity index (χ4v) is 1.29. The molecule has 0 bridgehead atoms. The summed E-state index contributed by atoms with van der Waals surface area (Å²) in [6, 6.07) is 0. The average Bonchev–Trinajstić information content (AvgIpc) is 2.07. The molecule has 9 heteroatoms. The van der Waals surface area contributed by atoms with Crippen molar-refractivity contribution in [2.24, 2.45) is 16.5 Å². The summed E-state index contributed by atoms with van der Waals surface area (Å²) in [5, 5.41) is 7.12. The Morgan fingerprint density at radius 1 is 1.38 bits per heavy atom. The standard InChI is InChI=1S/C7H13F3N4OS/c8-7(9,10)4-15-2-1-3-16-6(13)14-5(11)12/h1-4H2,(H5,11,12,13,14). The highest BCUT2D eigenvalue weighted by molar-refractivity contribution is 8.13. The summed E-state index contributed by atoms with van der Waals surface area (Å²) in [5.41, 5.74) is 10.0. The van der Waals surface area contributed by atoms with Crippen LogP contribution in [0.1, 0.15) is 6.42 Å². The molecule has 5 N–H and O–H groups in total. The van der Waals surface area contributed by atoms with E-state index in [4.69, 9.17) is 16.9 Å². The Kier molecular flexibility index (Phi) is 6.90. The molecule has 0 rings (SSSR count). The lowest BCUT2D eigenvalue weighted by Gasteiger charge is -2.06. The third-order valence-corrected chi connectivity index (χ3v) is 2.03. The first-order valence-electron chi connectivity index (χ1n) is 4.27. The van der Waals surface area contributed by atoms with Gasteiger partial charge in [-0.1, -0.05) is 11.8 Å². The average molecular weight is 258 g/mol. The maximum absolute atomic E-state index is 11.6. The van der Waals surface area contributed by atoms with Crippen LogP contribution in [0.5, 0.6) is 0 Å². The Labute approximate surface area is 94.9 Å². The molecule has 0 radical (unpaired) electrons. The van der Waals surface area contributed by atoms with Crippen LogP contribution in [0, 0.1) is 5.41 Å². The zero-order valence-electron chi connectivity index (χ0n) is 8.38. The first kappa shape index (κ1) is 15.0. The highest BCUT2D eigenvalue weighted by Crippen LogP contribution is 2.14. The van der Waals surface area contributed by atoms with Gasteiger partial charge >= 0.3 is 6.18 Å². The van der Waals surface area contributed by atoms with Crippen LogP contribution < -0.4 is 11.5 Å². The fraction of sp³-hybridized carbons (Fsp3) is 0.714. The summed E-state index contributed by atoms with van der Waals surface area (Å²) in [6.45, 7) is -1.26. The van der Waals surface area contributed by atoms with Gasteiger partial charge in [-0.2, -0.15) is 18.2 Å². The molecule has 0 aromatic carbocycles. The number of rotatable bonds is 5. The maximum atomic E-state index is 11.6. The second-order valence-electron chi connectivity index (χ2n) is 2.71. The molecule has 0 saturated heterocycles. The highest BCUT2D eigenvalue weighted by Gasteiger charge is 2.27. The number of hydrogen-bond acceptors (Lipinski definition) is 3. The van der Waals surface area contributed by atoms with E-state index in [0.717, 1.165) is 11.8 Å². The van der Waals surface area contributed by atoms with Gasteiger partial charge in [0.2, 0.25) is 0 Å². The van der Waals surface area contributed by atoms with Crippen LogP contribution in [0.3, 0.4) is 0 Å². The van der Waals surface area contributed by atoms with Gasteiger partial charge < -0.3 is 16.2 Å². The lowest BCUT2D eigenvalue weighted by atomic mass is 10.5. The van der Waals surface area contributed by atoms with Gasteiger partial charge in [0, 0.05) is 12.4 Å². The van der Waals surface area contributed by atoms with Crippen LogP contribution in [0.2, 0.25) is 0 Å².